The van der Waals surface area contributed by atoms with E-state index in [0.29, 0.717) is 12.6 Å². The van der Waals surface area contributed by atoms with Gasteiger partial charge >= 0.3 is 0 Å². The molecule has 1 unspecified atom stereocenters. The molecule has 6 nitrogen and oxygen atoms in total. The highest BCUT2D eigenvalue weighted by Gasteiger charge is 2.29. The van der Waals surface area contributed by atoms with Crippen LogP contribution in [-0.4, -0.2) is 70.9 Å². The average Bonchev–Trinajstić information content (AvgIpc) is 3.48. The Morgan fingerprint density at radius 1 is 1.21 bits per heavy atom. The van der Waals surface area contributed by atoms with Crippen LogP contribution in [0.3, 0.4) is 0 Å². The molecule has 0 bridgehead atoms. The lowest BCUT2D eigenvalue weighted by molar-refractivity contribution is 0.259. The molecule has 0 amide bonds. The molecule has 1 fully saturated rings. The van der Waals surface area contributed by atoms with E-state index in [4.69, 9.17) is 4.99 Å². The first-order chi connectivity index (χ1) is 14.2. The summed E-state index contributed by atoms with van der Waals surface area (Å²) in [4.78, 5) is 9.76. The summed E-state index contributed by atoms with van der Waals surface area (Å²) >= 11 is 0. The first kappa shape index (κ1) is 19.6. The number of likely N-dealkylation sites (tertiary alicyclic amines) is 1. The van der Waals surface area contributed by atoms with Gasteiger partial charge in [-0.3, -0.25) is 9.89 Å². The fraction of sp³-hybridized carbons (Fsp3) is 0.455. The number of nitrogens with zero attached hydrogens (tertiary/aromatic N) is 5. The SMILES string of the molecule is CCNC(=NCCc1ccn(-c2ccc(F)cc2)n1)N1CCC(N2CC=CC2)C1. The van der Waals surface area contributed by atoms with Crippen molar-refractivity contribution in [2.75, 3.05) is 39.3 Å². The van der Waals surface area contributed by atoms with Crippen LogP contribution in [0.4, 0.5) is 4.39 Å². The highest BCUT2D eigenvalue weighted by Crippen LogP contribution is 2.18. The van der Waals surface area contributed by atoms with E-state index in [2.05, 4.69) is 39.3 Å². The molecule has 4 rings (SSSR count). The summed E-state index contributed by atoms with van der Waals surface area (Å²) in [6.45, 7) is 7.89. The van der Waals surface area contributed by atoms with Crippen molar-refractivity contribution < 1.29 is 4.39 Å². The number of hydrogen-bond donors (Lipinski definition) is 1. The molecular formula is C22H29FN6. The summed E-state index contributed by atoms with van der Waals surface area (Å²) in [6.07, 6.45) is 8.39. The van der Waals surface area contributed by atoms with Crippen molar-refractivity contribution in [2.24, 2.45) is 4.99 Å². The molecule has 29 heavy (non-hydrogen) atoms. The van der Waals surface area contributed by atoms with Gasteiger partial charge in [0.05, 0.1) is 11.4 Å². The molecule has 1 saturated heterocycles. The van der Waals surface area contributed by atoms with Gasteiger partial charge in [0.25, 0.3) is 0 Å². The van der Waals surface area contributed by atoms with Crippen LogP contribution in [0, 0.1) is 5.82 Å². The highest BCUT2D eigenvalue weighted by atomic mass is 19.1. The third-order valence-electron chi connectivity index (χ3n) is 5.53. The summed E-state index contributed by atoms with van der Waals surface area (Å²) in [6, 6.07) is 8.97. The van der Waals surface area contributed by atoms with Crippen LogP contribution in [0.2, 0.25) is 0 Å². The maximum Gasteiger partial charge on any atom is 0.193 e. The lowest BCUT2D eigenvalue weighted by Gasteiger charge is -2.25. The number of rotatable bonds is 6. The lowest BCUT2D eigenvalue weighted by atomic mass is 10.2. The molecule has 1 N–H and O–H groups in total. The largest absolute Gasteiger partial charge is 0.357 e. The smallest absolute Gasteiger partial charge is 0.193 e. The summed E-state index contributed by atoms with van der Waals surface area (Å²) in [5, 5.41) is 8.03. The second-order valence-electron chi connectivity index (χ2n) is 7.53. The summed E-state index contributed by atoms with van der Waals surface area (Å²) < 4.78 is 14.9. The molecule has 154 valence electrons. The normalized spacial score (nSPS) is 20.0. The van der Waals surface area contributed by atoms with Crippen LogP contribution >= 0.6 is 0 Å². The maximum absolute atomic E-state index is 13.1. The maximum atomic E-state index is 13.1. The van der Waals surface area contributed by atoms with Gasteiger partial charge in [-0.15, -0.1) is 0 Å². The minimum absolute atomic E-state index is 0.239. The molecule has 0 aliphatic carbocycles. The van der Waals surface area contributed by atoms with Gasteiger partial charge in [-0.1, -0.05) is 12.2 Å². The number of guanidine groups is 1. The average molecular weight is 397 g/mol. The van der Waals surface area contributed by atoms with E-state index in [1.54, 1.807) is 16.8 Å². The number of benzene rings is 1. The van der Waals surface area contributed by atoms with E-state index in [9.17, 15) is 4.39 Å². The van der Waals surface area contributed by atoms with Crippen LogP contribution in [0.25, 0.3) is 5.69 Å². The molecule has 0 saturated carbocycles. The van der Waals surface area contributed by atoms with Gasteiger partial charge in [-0.2, -0.15) is 5.10 Å². The molecule has 2 aliphatic rings. The zero-order valence-corrected chi connectivity index (χ0v) is 17.0. The van der Waals surface area contributed by atoms with Gasteiger partial charge in [-0.25, -0.2) is 9.07 Å². The fourth-order valence-corrected chi connectivity index (χ4v) is 3.96. The topological polar surface area (TPSA) is 48.7 Å². The van der Waals surface area contributed by atoms with Gasteiger partial charge in [0, 0.05) is 57.9 Å². The molecule has 1 atom stereocenters. The Bertz CT molecular complexity index is 848. The minimum Gasteiger partial charge on any atom is -0.357 e. The molecule has 0 radical (unpaired) electrons. The standard InChI is InChI=1S/C22H29FN6/c1-2-24-22(28-15-11-21(17-28)27-13-3-4-14-27)25-12-9-19-10-16-29(26-19)20-7-5-18(23)6-8-20/h3-8,10,16,21H,2,9,11-15,17H2,1H3,(H,24,25). The monoisotopic (exact) mass is 396 g/mol. The van der Waals surface area contributed by atoms with Crippen LogP contribution in [0.1, 0.15) is 19.0 Å². The van der Waals surface area contributed by atoms with Crippen molar-refractivity contribution >= 4 is 5.96 Å². The quantitative estimate of drug-likeness (QED) is 0.463. The minimum atomic E-state index is -0.239. The Balaban J connectivity index is 1.33. The van der Waals surface area contributed by atoms with Crippen molar-refractivity contribution in [2.45, 2.75) is 25.8 Å². The second-order valence-corrected chi connectivity index (χ2v) is 7.53. The predicted octanol–water partition coefficient (Wildman–Crippen LogP) is 2.47. The van der Waals surface area contributed by atoms with Gasteiger partial charge in [-0.05, 0) is 43.7 Å². The van der Waals surface area contributed by atoms with Gasteiger partial charge in [0.15, 0.2) is 5.96 Å². The first-order valence-electron chi connectivity index (χ1n) is 10.5. The Hall–Kier alpha value is -2.67. The van der Waals surface area contributed by atoms with Crippen LogP contribution in [-0.2, 0) is 6.42 Å². The Morgan fingerprint density at radius 3 is 2.76 bits per heavy atom. The van der Waals surface area contributed by atoms with Crippen molar-refractivity contribution in [3.05, 3.63) is 60.2 Å². The summed E-state index contributed by atoms with van der Waals surface area (Å²) in [7, 11) is 0. The van der Waals surface area contributed by atoms with E-state index >= 15 is 0 Å². The third kappa shape index (κ3) is 4.85. The van der Waals surface area contributed by atoms with Crippen molar-refractivity contribution in [1.29, 1.82) is 0 Å². The van der Waals surface area contributed by atoms with E-state index in [-0.39, 0.29) is 5.82 Å². The second kappa shape index (κ2) is 9.22. The summed E-state index contributed by atoms with van der Waals surface area (Å²) in [5.41, 5.74) is 1.84. The Labute approximate surface area is 171 Å². The van der Waals surface area contributed by atoms with Gasteiger partial charge < -0.3 is 10.2 Å². The van der Waals surface area contributed by atoms with Gasteiger partial charge in [0.2, 0.25) is 0 Å². The van der Waals surface area contributed by atoms with Crippen molar-refractivity contribution in [3.63, 3.8) is 0 Å². The zero-order chi connectivity index (χ0) is 20.1. The number of aliphatic imine (C=N–C) groups is 1. The predicted molar refractivity (Wildman–Crippen MR) is 114 cm³/mol. The molecule has 0 spiro atoms. The van der Waals surface area contributed by atoms with Crippen LogP contribution in [0.15, 0.2) is 53.7 Å². The van der Waals surface area contributed by atoms with Gasteiger partial charge in [0.1, 0.15) is 5.82 Å². The molecule has 3 heterocycles. The van der Waals surface area contributed by atoms with Crippen molar-refractivity contribution in [3.8, 4) is 5.69 Å². The number of halogens is 1. The van der Waals surface area contributed by atoms with E-state index in [1.165, 1.54) is 18.6 Å². The van der Waals surface area contributed by atoms with E-state index in [1.807, 2.05) is 12.3 Å². The molecule has 1 aromatic heterocycles. The van der Waals surface area contributed by atoms with Crippen molar-refractivity contribution in [1.82, 2.24) is 24.9 Å². The number of nitrogens with one attached hydrogen (secondary N) is 1. The molecule has 1 aromatic carbocycles. The third-order valence-corrected chi connectivity index (χ3v) is 5.53. The molecule has 2 aliphatic heterocycles. The molecule has 2 aromatic rings. The first-order valence-corrected chi connectivity index (χ1v) is 10.5. The van der Waals surface area contributed by atoms with E-state index < -0.39 is 0 Å². The molecular weight excluding hydrogens is 367 g/mol. The number of aromatic nitrogens is 2. The highest BCUT2D eigenvalue weighted by molar-refractivity contribution is 5.80. The summed E-state index contributed by atoms with van der Waals surface area (Å²) in [5.74, 6) is 0.761. The Kier molecular flexibility index (Phi) is 6.24. The molecule has 7 heteroatoms. The zero-order valence-electron chi connectivity index (χ0n) is 17.0. The van der Waals surface area contributed by atoms with Crippen LogP contribution in [0.5, 0.6) is 0 Å². The van der Waals surface area contributed by atoms with Crippen LogP contribution < -0.4 is 5.32 Å². The lowest BCUT2D eigenvalue weighted by Crippen LogP contribution is -2.43. The Morgan fingerprint density at radius 2 is 2.00 bits per heavy atom. The fourth-order valence-electron chi connectivity index (χ4n) is 3.96. The number of hydrogen-bond acceptors (Lipinski definition) is 3. The van der Waals surface area contributed by atoms with E-state index in [0.717, 1.165) is 56.5 Å².